The number of aliphatic hydroxyl groups excluding tert-OH is 2. The van der Waals surface area contributed by atoms with Crippen molar-refractivity contribution in [1.29, 1.82) is 0 Å². The lowest BCUT2D eigenvalue weighted by molar-refractivity contribution is -0.143. The molecule has 0 spiro atoms. The number of ether oxygens (including phenoxy) is 1. The van der Waals surface area contributed by atoms with Crippen molar-refractivity contribution in [3.63, 3.8) is 0 Å². The number of hydrogen-bond donors (Lipinski definition) is 3. The van der Waals surface area contributed by atoms with Crippen LogP contribution in [0.4, 0.5) is 0 Å². The summed E-state index contributed by atoms with van der Waals surface area (Å²) in [6, 6.07) is -0.540. The summed E-state index contributed by atoms with van der Waals surface area (Å²) >= 11 is 0. The molecule has 0 aromatic rings. The van der Waals surface area contributed by atoms with Gasteiger partial charge in [0.15, 0.2) is 0 Å². The molecule has 3 N–H and O–H groups in total. The Kier molecular flexibility index (Phi) is 70.4. The Morgan fingerprint density at radius 2 is 0.573 bits per heavy atom. The molecule has 0 aliphatic rings. The van der Waals surface area contributed by atoms with E-state index in [-0.39, 0.29) is 18.5 Å². The third-order valence-electron chi connectivity index (χ3n) is 17.7. The molecule has 2 atom stereocenters. The second-order valence-electron chi connectivity index (χ2n) is 26.0. The number of amides is 1. The molecule has 1 amide bonds. The number of carbonyl (C=O) groups excluding carboxylic acids is 2. The van der Waals surface area contributed by atoms with Gasteiger partial charge < -0.3 is 20.3 Å². The van der Waals surface area contributed by atoms with Crippen LogP contribution in [-0.4, -0.2) is 47.4 Å². The van der Waals surface area contributed by atoms with E-state index in [1.54, 1.807) is 0 Å². The van der Waals surface area contributed by atoms with Gasteiger partial charge in [0.25, 0.3) is 0 Å². The van der Waals surface area contributed by atoms with Gasteiger partial charge in [0.2, 0.25) is 5.91 Å². The molecule has 0 aliphatic carbocycles. The van der Waals surface area contributed by atoms with Crippen molar-refractivity contribution in [3.8, 4) is 0 Å². The van der Waals surface area contributed by atoms with Crippen molar-refractivity contribution in [2.24, 2.45) is 0 Å². The first kappa shape index (κ1) is 80.3. The molecule has 0 bridgehead atoms. The molecular weight excluding hydrogens is 1010 g/mol. The van der Waals surface area contributed by atoms with Crippen molar-refractivity contribution < 1.29 is 24.5 Å². The monoisotopic (exact) mass is 1150 g/mol. The predicted octanol–water partition coefficient (Wildman–Crippen LogP) is 24.5. The summed E-state index contributed by atoms with van der Waals surface area (Å²) in [5.41, 5.74) is 0. The highest BCUT2D eigenvalue weighted by atomic mass is 16.5. The summed E-state index contributed by atoms with van der Waals surface area (Å²) < 4.78 is 5.48. The van der Waals surface area contributed by atoms with Crippen molar-refractivity contribution in [2.45, 2.75) is 437 Å². The summed E-state index contributed by atoms with van der Waals surface area (Å²) in [4.78, 5) is 24.6. The van der Waals surface area contributed by atoms with Crippen LogP contribution in [0.25, 0.3) is 0 Å². The number of carbonyl (C=O) groups is 2. The van der Waals surface area contributed by atoms with Crippen LogP contribution in [-0.2, 0) is 14.3 Å². The summed E-state index contributed by atoms with van der Waals surface area (Å²) in [6.07, 6.45) is 91.1. The Labute approximate surface area is 513 Å². The quantitative estimate of drug-likeness (QED) is 0.0320. The van der Waals surface area contributed by atoms with Crippen molar-refractivity contribution in [1.82, 2.24) is 5.32 Å². The highest BCUT2D eigenvalue weighted by Gasteiger charge is 2.20. The summed E-state index contributed by atoms with van der Waals surface area (Å²) in [5, 5.41) is 23.4. The van der Waals surface area contributed by atoms with E-state index < -0.39 is 12.1 Å². The van der Waals surface area contributed by atoms with Gasteiger partial charge in [-0.05, 0) is 77.0 Å². The Balaban J connectivity index is 3.36. The standard InChI is InChI=1S/C76H147NO5/c1-3-5-7-9-11-13-15-17-18-19-20-35-38-41-45-48-52-56-60-64-68-74(79)73(72-78)77-75(80)69-65-61-57-53-49-46-42-39-36-33-31-29-27-25-23-21-22-24-26-28-30-32-34-37-40-43-47-51-55-59-63-67-71-82-76(81)70-66-62-58-54-50-44-16-14-12-10-8-6-4-2/h14,16,24,26,73-74,78-79H,3-13,15,17-23,25,27-72H2,1-2H3,(H,77,80)/b16-14-,26-24-. The van der Waals surface area contributed by atoms with Crippen LogP contribution in [0.5, 0.6) is 0 Å². The highest BCUT2D eigenvalue weighted by molar-refractivity contribution is 5.76. The normalized spacial score (nSPS) is 12.6. The van der Waals surface area contributed by atoms with E-state index in [1.807, 2.05) is 0 Å². The largest absolute Gasteiger partial charge is 0.466 e. The van der Waals surface area contributed by atoms with E-state index >= 15 is 0 Å². The van der Waals surface area contributed by atoms with Gasteiger partial charge >= 0.3 is 5.97 Å². The van der Waals surface area contributed by atoms with Gasteiger partial charge in [-0.25, -0.2) is 0 Å². The summed E-state index contributed by atoms with van der Waals surface area (Å²) in [7, 11) is 0. The van der Waals surface area contributed by atoms with E-state index in [4.69, 9.17) is 4.74 Å². The Morgan fingerprint density at radius 1 is 0.329 bits per heavy atom. The number of allylic oxidation sites excluding steroid dienone is 4. The molecule has 486 valence electrons. The second-order valence-corrected chi connectivity index (χ2v) is 26.0. The fourth-order valence-corrected chi connectivity index (χ4v) is 12.0. The van der Waals surface area contributed by atoms with Gasteiger partial charge in [-0.1, -0.05) is 359 Å². The third-order valence-corrected chi connectivity index (χ3v) is 17.7. The molecule has 0 aliphatic heterocycles. The first-order valence-corrected chi connectivity index (χ1v) is 37.6. The molecule has 82 heavy (non-hydrogen) atoms. The van der Waals surface area contributed by atoms with Crippen LogP contribution in [0.3, 0.4) is 0 Å². The van der Waals surface area contributed by atoms with E-state index in [0.717, 1.165) is 44.9 Å². The molecule has 0 fully saturated rings. The first-order valence-electron chi connectivity index (χ1n) is 37.6. The number of hydrogen-bond acceptors (Lipinski definition) is 5. The van der Waals surface area contributed by atoms with E-state index in [2.05, 4.69) is 43.5 Å². The zero-order valence-electron chi connectivity index (χ0n) is 55.8. The average Bonchev–Trinajstić information content (AvgIpc) is 3.48. The summed E-state index contributed by atoms with van der Waals surface area (Å²) in [6.45, 7) is 4.98. The van der Waals surface area contributed by atoms with Crippen molar-refractivity contribution in [3.05, 3.63) is 24.3 Å². The molecule has 0 saturated heterocycles. The van der Waals surface area contributed by atoms with Crippen LogP contribution in [0, 0.1) is 0 Å². The molecule has 6 nitrogen and oxygen atoms in total. The predicted molar refractivity (Wildman–Crippen MR) is 361 cm³/mol. The SMILES string of the molecule is CCCCCC/C=C\CCCCCCCC(=O)OCCCCCCCCCCCCCC/C=C\CCCCCCCCCCCCCCCCCCC(=O)NC(CO)C(O)CCCCCCCCCCCCCCCCCCCCCC. The van der Waals surface area contributed by atoms with E-state index in [0.29, 0.717) is 25.9 Å². The minimum absolute atomic E-state index is 0.00967. The van der Waals surface area contributed by atoms with Crippen molar-refractivity contribution in [2.75, 3.05) is 13.2 Å². The zero-order valence-corrected chi connectivity index (χ0v) is 55.8. The molecule has 0 heterocycles. The second kappa shape index (κ2) is 71.8. The lowest BCUT2D eigenvalue weighted by atomic mass is 10.0. The van der Waals surface area contributed by atoms with Crippen molar-refractivity contribution >= 4 is 11.9 Å². The maximum Gasteiger partial charge on any atom is 0.305 e. The van der Waals surface area contributed by atoms with E-state index in [9.17, 15) is 19.8 Å². The topological polar surface area (TPSA) is 95.9 Å². The van der Waals surface area contributed by atoms with Gasteiger partial charge in [0.1, 0.15) is 0 Å². The number of unbranched alkanes of at least 4 members (excludes halogenated alkanes) is 56. The lowest BCUT2D eigenvalue weighted by Crippen LogP contribution is -2.45. The third kappa shape index (κ3) is 67.5. The number of nitrogens with one attached hydrogen (secondary N) is 1. The van der Waals surface area contributed by atoms with Crippen LogP contribution >= 0.6 is 0 Å². The first-order chi connectivity index (χ1) is 40.5. The molecule has 2 unspecified atom stereocenters. The minimum atomic E-state index is -0.663. The minimum Gasteiger partial charge on any atom is -0.466 e. The molecule has 0 aromatic heterocycles. The van der Waals surface area contributed by atoms with Crippen LogP contribution in [0.1, 0.15) is 425 Å². The highest BCUT2D eigenvalue weighted by Crippen LogP contribution is 2.19. The smallest absolute Gasteiger partial charge is 0.305 e. The molecule has 0 radical (unpaired) electrons. The van der Waals surface area contributed by atoms with Gasteiger partial charge in [0, 0.05) is 12.8 Å². The number of esters is 1. The molecule has 6 heteroatoms. The maximum atomic E-state index is 12.6. The van der Waals surface area contributed by atoms with Gasteiger partial charge in [-0.3, -0.25) is 9.59 Å². The van der Waals surface area contributed by atoms with Gasteiger partial charge in [0.05, 0.1) is 25.4 Å². The van der Waals surface area contributed by atoms with Crippen LogP contribution in [0.2, 0.25) is 0 Å². The fraction of sp³-hybridized carbons (Fsp3) is 0.921. The molecule has 0 aromatic carbocycles. The van der Waals surface area contributed by atoms with Gasteiger partial charge in [-0.2, -0.15) is 0 Å². The average molecular weight is 1160 g/mol. The fourth-order valence-electron chi connectivity index (χ4n) is 12.0. The maximum absolute atomic E-state index is 12.6. The molecule has 0 saturated carbocycles. The Hall–Kier alpha value is -1.66. The number of rotatable bonds is 71. The Bertz CT molecular complexity index is 1280. The van der Waals surface area contributed by atoms with Crippen LogP contribution in [0.15, 0.2) is 24.3 Å². The van der Waals surface area contributed by atoms with Crippen LogP contribution < -0.4 is 5.32 Å². The van der Waals surface area contributed by atoms with Gasteiger partial charge in [-0.15, -0.1) is 0 Å². The summed E-state index contributed by atoms with van der Waals surface area (Å²) in [5.74, 6) is -0.0179. The Morgan fingerprint density at radius 3 is 0.878 bits per heavy atom. The number of aliphatic hydroxyl groups is 2. The lowest BCUT2D eigenvalue weighted by Gasteiger charge is -2.22. The zero-order chi connectivity index (χ0) is 59.2. The molecular formula is C76H147NO5. The molecule has 0 rings (SSSR count). The van der Waals surface area contributed by atoms with E-state index in [1.165, 1.54) is 347 Å².